The van der Waals surface area contributed by atoms with Crippen LogP contribution in [0.15, 0.2) is 11.6 Å². The molecule has 0 heterocycles. The van der Waals surface area contributed by atoms with E-state index in [1.807, 2.05) is 0 Å². The Morgan fingerprint density at radius 3 is 2.71 bits per heavy atom. The largest absolute Gasteiger partial charge is 0.0881 e. The maximum absolute atomic E-state index is 2.25. The first kappa shape index (κ1) is 4.89. The highest BCUT2D eigenvalue weighted by molar-refractivity contribution is 5.21. The number of rotatable bonds is 1. The summed E-state index contributed by atoms with van der Waals surface area (Å²) in [6, 6.07) is 0. The van der Waals surface area contributed by atoms with Gasteiger partial charge in [-0.25, -0.2) is 0 Å². The molecule has 0 aromatic rings. The second-order valence-electron chi connectivity index (χ2n) is 2.17. The average Bonchev–Trinajstić information content (AvgIpc) is 2.43. The van der Waals surface area contributed by atoms with Crippen LogP contribution in [0, 0.1) is 5.92 Å². The quantitative estimate of drug-likeness (QED) is 0.439. The van der Waals surface area contributed by atoms with Gasteiger partial charge in [-0.3, -0.25) is 0 Å². The molecule has 0 N–H and O–H groups in total. The van der Waals surface area contributed by atoms with Gasteiger partial charge >= 0.3 is 0 Å². The summed E-state index contributed by atoms with van der Waals surface area (Å²) in [4.78, 5) is 0. The lowest BCUT2D eigenvalue weighted by molar-refractivity contribution is 0.826. The van der Waals surface area contributed by atoms with E-state index in [9.17, 15) is 0 Å². The van der Waals surface area contributed by atoms with E-state index in [0.29, 0.717) is 0 Å². The zero-order valence-corrected chi connectivity index (χ0v) is 5.07. The molecule has 0 amide bonds. The molecule has 1 fully saturated rings. The topological polar surface area (TPSA) is 0 Å². The van der Waals surface area contributed by atoms with Gasteiger partial charge in [-0.2, -0.15) is 0 Å². The summed E-state index contributed by atoms with van der Waals surface area (Å²) in [5.41, 5.74) is 1.67. The second-order valence-corrected chi connectivity index (χ2v) is 2.17. The maximum atomic E-state index is 2.25. The van der Waals surface area contributed by atoms with Crippen molar-refractivity contribution in [2.45, 2.75) is 26.7 Å². The van der Waals surface area contributed by atoms with Crippen LogP contribution in [0.1, 0.15) is 26.7 Å². The van der Waals surface area contributed by atoms with Crippen LogP contribution in [0.3, 0.4) is 0 Å². The highest BCUT2D eigenvalue weighted by atomic mass is 14.3. The van der Waals surface area contributed by atoms with Crippen LogP contribution in [0.5, 0.6) is 0 Å². The molecule has 0 aliphatic heterocycles. The van der Waals surface area contributed by atoms with Gasteiger partial charge in [0.25, 0.3) is 0 Å². The molecule has 0 radical (unpaired) electrons. The molecule has 1 unspecified atom stereocenters. The van der Waals surface area contributed by atoms with Crippen molar-refractivity contribution < 1.29 is 0 Å². The van der Waals surface area contributed by atoms with E-state index in [1.54, 1.807) is 5.57 Å². The van der Waals surface area contributed by atoms with Crippen LogP contribution in [0.25, 0.3) is 0 Å². The molecular formula is C7H12. The van der Waals surface area contributed by atoms with Crippen LogP contribution in [0.2, 0.25) is 0 Å². The molecule has 1 aliphatic rings. The normalized spacial score (nSPS) is 34.0. The Kier molecular flexibility index (Phi) is 1.18. The van der Waals surface area contributed by atoms with Crippen LogP contribution in [0.4, 0.5) is 0 Å². The van der Waals surface area contributed by atoms with Gasteiger partial charge in [0.1, 0.15) is 0 Å². The highest BCUT2D eigenvalue weighted by Gasteiger charge is 2.25. The lowest BCUT2D eigenvalue weighted by atomic mass is 10.3. The SMILES string of the molecule is C/C=C1/CC1CC. The third kappa shape index (κ3) is 0.846. The monoisotopic (exact) mass is 96.1 g/mol. The van der Waals surface area contributed by atoms with E-state index in [-0.39, 0.29) is 0 Å². The van der Waals surface area contributed by atoms with E-state index in [0.717, 1.165) is 5.92 Å². The van der Waals surface area contributed by atoms with Gasteiger partial charge in [0.2, 0.25) is 0 Å². The van der Waals surface area contributed by atoms with Crippen molar-refractivity contribution in [1.29, 1.82) is 0 Å². The summed E-state index contributed by atoms with van der Waals surface area (Å²) in [6.45, 7) is 4.38. The number of hydrogen-bond acceptors (Lipinski definition) is 0. The Labute approximate surface area is 45.2 Å². The van der Waals surface area contributed by atoms with Gasteiger partial charge in [0, 0.05) is 0 Å². The first-order valence-electron chi connectivity index (χ1n) is 3.03. The Bertz CT molecular complexity index is 90.2. The Morgan fingerprint density at radius 2 is 2.57 bits per heavy atom. The fraction of sp³-hybridized carbons (Fsp3) is 0.714. The molecule has 1 saturated carbocycles. The van der Waals surface area contributed by atoms with Crippen molar-refractivity contribution in [3.05, 3.63) is 11.6 Å². The van der Waals surface area contributed by atoms with E-state index in [4.69, 9.17) is 0 Å². The van der Waals surface area contributed by atoms with Gasteiger partial charge in [-0.15, -0.1) is 0 Å². The minimum Gasteiger partial charge on any atom is -0.0881 e. The van der Waals surface area contributed by atoms with E-state index < -0.39 is 0 Å². The van der Waals surface area contributed by atoms with Crippen molar-refractivity contribution in [3.63, 3.8) is 0 Å². The minimum absolute atomic E-state index is 0.977. The Balaban J connectivity index is 2.31. The standard InChI is InChI=1S/C7H12/c1-3-6-5-7(6)4-2/h3,7H,4-5H2,1-2H3/b6-3-. The fourth-order valence-corrected chi connectivity index (χ4v) is 0.986. The summed E-state index contributed by atoms with van der Waals surface area (Å²) in [7, 11) is 0. The maximum Gasteiger partial charge on any atom is -0.0168 e. The first-order valence-corrected chi connectivity index (χ1v) is 3.03. The van der Waals surface area contributed by atoms with Crippen LogP contribution < -0.4 is 0 Å². The number of allylic oxidation sites excluding steroid dienone is 2. The summed E-state index contributed by atoms with van der Waals surface area (Å²) in [5, 5.41) is 0. The molecule has 1 rings (SSSR count). The minimum atomic E-state index is 0.977. The average molecular weight is 96.2 g/mol. The summed E-state index contributed by atoms with van der Waals surface area (Å²) in [6.07, 6.45) is 4.97. The van der Waals surface area contributed by atoms with Crippen LogP contribution >= 0.6 is 0 Å². The van der Waals surface area contributed by atoms with Crippen molar-refractivity contribution in [2.24, 2.45) is 5.92 Å². The van der Waals surface area contributed by atoms with Gasteiger partial charge in [-0.05, 0) is 25.7 Å². The van der Waals surface area contributed by atoms with Gasteiger partial charge < -0.3 is 0 Å². The third-order valence-corrected chi connectivity index (χ3v) is 1.71. The smallest absolute Gasteiger partial charge is 0.0168 e. The Hall–Kier alpha value is -0.260. The molecule has 0 bridgehead atoms. The fourth-order valence-electron chi connectivity index (χ4n) is 0.986. The first-order chi connectivity index (χ1) is 3.38. The van der Waals surface area contributed by atoms with E-state index >= 15 is 0 Å². The lowest BCUT2D eigenvalue weighted by Crippen LogP contribution is -1.63. The van der Waals surface area contributed by atoms with Crippen molar-refractivity contribution in [2.75, 3.05) is 0 Å². The van der Waals surface area contributed by atoms with E-state index in [2.05, 4.69) is 19.9 Å². The molecule has 40 valence electrons. The lowest BCUT2D eigenvalue weighted by Gasteiger charge is -1.76. The predicted molar refractivity (Wildman–Crippen MR) is 32.2 cm³/mol. The summed E-state index contributed by atoms with van der Waals surface area (Å²) < 4.78 is 0. The molecule has 0 nitrogen and oxygen atoms in total. The molecular weight excluding hydrogens is 84.1 g/mol. The second kappa shape index (κ2) is 1.69. The van der Waals surface area contributed by atoms with Crippen LogP contribution in [-0.2, 0) is 0 Å². The molecule has 0 spiro atoms. The van der Waals surface area contributed by atoms with Crippen molar-refractivity contribution >= 4 is 0 Å². The molecule has 0 aromatic carbocycles. The molecule has 1 aliphatic carbocycles. The zero-order chi connectivity index (χ0) is 5.28. The van der Waals surface area contributed by atoms with E-state index in [1.165, 1.54) is 12.8 Å². The third-order valence-electron chi connectivity index (χ3n) is 1.71. The zero-order valence-electron chi connectivity index (χ0n) is 5.07. The molecule has 0 saturated heterocycles. The molecule has 1 atom stereocenters. The molecule has 0 heteroatoms. The highest BCUT2D eigenvalue weighted by Crippen LogP contribution is 2.39. The summed E-state index contributed by atoms with van der Waals surface area (Å²) >= 11 is 0. The van der Waals surface area contributed by atoms with Gasteiger partial charge in [0.15, 0.2) is 0 Å². The predicted octanol–water partition coefficient (Wildman–Crippen LogP) is 2.36. The summed E-state index contributed by atoms with van der Waals surface area (Å²) in [5.74, 6) is 0.977. The van der Waals surface area contributed by atoms with Gasteiger partial charge in [0.05, 0.1) is 0 Å². The van der Waals surface area contributed by atoms with Crippen molar-refractivity contribution in [3.8, 4) is 0 Å². The molecule has 7 heavy (non-hydrogen) atoms. The number of hydrogen-bond donors (Lipinski definition) is 0. The van der Waals surface area contributed by atoms with Crippen LogP contribution in [-0.4, -0.2) is 0 Å². The molecule has 0 aromatic heterocycles. The Morgan fingerprint density at radius 1 is 1.86 bits per heavy atom. The van der Waals surface area contributed by atoms with Crippen molar-refractivity contribution in [1.82, 2.24) is 0 Å². The van der Waals surface area contributed by atoms with Gasteiger partial charge in [-0.1, -0.05) is 18.6 Å².